The number of rotatable bonds is 5. The Hall–Kier alpha value is -3.12. The number of hydrogen-bond donors (Lipinski definition) is 1. The maximum absolute atomic E-state index is 12.8. The van der Waals surface area contributed by atoms with Crippen molar-refractivity contribution < 1.29 is 14.3 Å². The number of H-pyrrole nitrogens is 1. The fourth-order valence-electron chi connectivity index (χ4n) is 4.33. The van der Waals surface area contributed by atoms with Gasteiger partial charge in [-0.1, -0.05) is 11.6 Å². The van der Waals surface area contributed by atoms with Gasteiger partial charge in [0.25, 0.3) is 5.91 Å². The van der Waals surface area contributed by atoms with Crippen molar-refractivity contribution in [2.75, 3.05) is 26.2 Å². The lowest BCUT2D eigenvalue weighted by molar-refractivity contribution is -0.133. The first-order valence-electron chi connectivity index (χ1n) is 11.2. The predicted molar refractivity (Wildman–Crippen MR) is 126 cm³/mol. The molecule has 0 radical (unpaired) electrons. The average molecular weight is 434 g/mol. The lowest BCUT2D eigenvalue weighted by atomic mass is 10.1. The zero-order chi connectivity index (χ0) is 22.8. The number of aryl methyl sites for hydroxylation is 2. The van der Waals surface area contributed by atoms with Gasteiger partial charge < -0.3 is 14.6 Å². The first-order chi connectivity index (χ1) is 15.3. The van der Waals surface area contributed by atoms with Gasteiger partial charge in [0.05, 0.1) is 6.42 Å². The lowest BCUT2D eigenvalue weighted by Gasteiger charge is -2.37. The van der Waals surface area contributed by atoms with Crippen LogP contribution in [0.15, 0.2) is 42.5 Å². The highest BCUT2D eigenvalue weighted by Crippen LogP contribution is 2.24. The molecular weight excluding hydrogens is 402 g/mol. The van der Waals surface area contributed by atoms with E-state index in [0.29, 0.717) is 17.4 Å². The number of carbonyl (C=O) groups is 2. The Bertz CT molecular complexity index is 1120. The van der Waals surface area contributed by atoms with Gasteiger partial charge in [-0.2, -0.15) is 0 Å². The molecule has 0 aliphatic carbocycles. The van der Waals surface area contributed by atoms with E-state index in [9.17, 15) is 9.59 Å². The molecule has 0 spiro atoms. The maximum Gasteiger partial charge on any atom is 0.315 e. The van der Waals surface area contributed by atoms with Crippen molar-refractivity contribution in [3.05, 3.63) is 64.8 Å². The molecule has 3 aromatic rings. The van der Waals surface area contributed by atoms with Crippen LogP contribution in [-0.4, -0.2) is 58.9 Å². The monoisotopic (exact) mass is 433 g/mol. The molecular formula is C26H31N3O3. The molecule has 2 aromatic carbocycles. The normalized spacial score (nSPS) is 14.8. The molecule has 1 saturated heterocycles. The fourth-order valence-corrected chi connectivity index (χ4v) is 4.33. The molecule has 1 aliphatic heterocycles. The summed E-state index contributed by atoms with van der Waals surface area (Å²) in [5.74, 6) is 0.153. The Kier molecular flexibility index (Phi) is 6.33. The number of benzene rings is 2. The van der Waals surface area contributed by atoms with E-state index < -0.39 is 0 Å². The number of aromatic amines is 1. The van der Waals surface area contributed by atoms with Crippen LogP contribution in [0, 0.1) is 13.8 Å². The van der Waals surface area contributed by atoms with E-state index >= 15 is 0 Å². The van der Waals surface area contributed by atoms with Crippen molar-refractivity contribution in [3.8, 4) is 5.75 Å². The smallest absolute Gasteiger partial charge is 0.315 e. The maximum atomic E-state index is 12.8. The summed E-state index contributed by atoms with van der Waals surface area (Å²) in [5, 5.41) is 1.05. The second kappa shape index (κ2) is 9.17. The van der Waals surface area contributed by atoms with Crippen LogP contribution in [0.3, 0.4) is 0 Å². The Morgan fingerprint density at radius 3 is 2.34 bits per heavy atom. The van der Waals surface area contributed by atoms with Crippen LogP contribution in [0.1, 0.15) is 41.0 Å². The molecule has 168 valence electrons. The van der Waals surface area contributed by atoms with Crippen molar-refractivity contribution in [1.82, 2.24) is 14.8 Å². The van der Waals surface area contributed by atoms with Gasteiger partial charge in [-0.25, -0.2) is 0 Å². The molecule has 6 heteroatoms. The summed E-state index contributed by atoms with van der Waals surface area (Å²) in [7, 11) is 0. The van der Waals surface area contributed by atoms with Crippen LogP contribution in [0.5, 0.6) is 5.75 Å². The summed E-state index contributed by atoms with van der Waals surface area (Å²) in [6, 6.07) is 13.5. The minimum absolute atomic E-state index is 0.0241. The highest BCUT2D eigenvalue weighted by Gasteiger charge is 2.23. The van der Waals surface area contributed by atoms with Gasteiger partial charge in [-0.3, -0.25) is 14.5 Å². The average Bonchev–Trinajstić information content (AvgIpc) is 3.08. The number of amides is 1. The van der Waals surface area contributed by atoms with E-state index in [1.165, 1.54) is 0 Å². The van der Waals surface area contributed by atoms with Crippen LogP contribution < -0.4 is 4.74 Å². The van der Waals surface area contributed by atoms with E-state index in [0.717, 1.165) is 53.9 Å². The summed E-state index contributed by atoms with van der Waals surface area (Å²) >= 11 is 0. The lowest BCUT2D eigenvalue weighted by Crippen LogP contribution is -2.50. The molecule has 6 nitrogen and oxygen atoms in total. The molecule has 32 heavy (non-hydrogen) atoms. The number of nitrogens with one attached hydrogen (secondary N) is 1. The highest BCUT2D eigenvalue weighted by molar-refractivity contribution is 5.94. The highest BCUT2D eigenvalue weighted by atomic mass is 16.5. The molecule has 1 aliphatic rings. The first-order valence-corrected chi connectivity index (χ1v) is 11.2. The van der Waals surface area contributed by atoms with Crippen LogP contribution in [-0.2, 0) is 11.2 Å². The van der Waals surface area contributed by atoms with Gasteiger partial charge in [0, 0.05) is 54.4 Å². The van der Waals surface area contributed by atoms with Gasteiger partial charge in [-0.15, -0.1) is 0 Å². The van der Waals surface area contributed by atoms with Gasteiger partial charge >= 0.3 is 5.97 Å². The molecule has 1 aromatic heterocycles. The molecule has 1 amide bonds. The number of esters is 1. The number of piperazine rings is 1. The van der Waals surface area contributed by atoms with Crippen molar-refractivity contribution in [2.24, 2.45) is 0 Å². The Labute approximate surface area is 189 Å². The number of aromatic nitrogens is 1. The Balaban J connectivity index is 1.38. The molecule has 1 fully saturated rings. The molecule has 0 saturated carbocycles. The third-order valence-corrected chi connectivity index (χ3v) is 6.26. The van der Waals surface area contributed by atoms with Crippen LogP contribution in [0.4, 0.5) is 0 Å². The van der Waals surface area contributed by atoms with Gasteiger partial charge in [-0.05, 0) is 69.7 Å². The molecule has 2 heterocycles. The SMILES string of the molecule is Cc1ccc2[nH]c(C)c(CC(=O)Oc3ccc(C(=O)N4CCN(C(C)C)CC4)cc3)c2c1. The Morgan fingerprint density at radius 1 is 1.00 bits per heavy atom. The van der Waals surface area contributed by atoms with Crippen molar-refractivity contribution in [3.63, 3.8) is 0 Å². The summed E-state index contributed by atoms with van der Waals surface area (Å²) in [6.45, 7) is 11.6. The van der Waals surface area contributed by atoms with E-state index in [4.69, 9.17) is 4.74 Å². The zero-order valence-electron chi connectivity index (χ0n) is 19.3. The molecule has 1 N–H and O–H groups in total. The number of carbonyl (C=O) groups excluding carboxylic acids is 2. The van der Waals surface area contributed by atoms with Gasteiger partial charge in [0.15, 0.2) is 0 Å². The molecule has 0 bridgehead atoms. The largest absolute Gasteiger partial charge is 0.426 e. The first kappa shape index (κ1) is 22.1. The minimum Gasteiger partial charge on any atom is -0.426 e. The standard InChI is InChI=1S/C26H31N3O3/c1-17(2)28-11-13-29(14-12-28)26(31)20-6-8-21(9-7-20)32-25(30)16-22-19(4)27-24-10-5-18(3)15-23(22)24/h5-10,15,17,27H,11-14,16H2,1-4H3. The summed E-state index contributed by atoms with van der Waals surface area (Å²) in [5.41, 5.74) is 4.72. The topological polar surface area (TPSA) is 65.6 Å². The zero-order valence-corrected chi connectivity index (χ0v) is 19.3. The number of fused-ring (bicyclic) bond motifs is 1. The number of ether oxygens (including phenoxy) is 1. The predicted octanol–water partition coefficient (Wildman–Crippen LogP) is 4.10. The van der Waals surface area contributed by atoms with Gasteiger partial charge in [0.2, 0.25) is 0 Å². The molecule has 0 unspecified atom stereocenters. The molecule has 0 atom stereocenters. The fraction of sp³-hybridized carbons (Fsp3) is 0.385. The third kappa shape index (κ3) is 4.70. The summed E-state index contributed by atoms with van der Waals surface area (Å²) < 4.78 is 5.56. The summed E-state index contributed by atoms with van der Waals surface area (Å²) in [6.07, 6.45) is 0.191. The van der Waals surface area contributed by atoms with E-state index in [1.54, 1.807) is 24.3 Å². The van der Waals surface area contributed by atoms with Crippen molar-refractivity contribution >= 4 is 22.8 Å². The molecule has 4 rings (SSSR count). The van der Waals surface area contributed by atoms with Crippen molar-refractivity contribution in [2.45, 2.75) is 40.2 Å². The van der Waals surface area contributed by atoms with E-state index in [1.807, 2.05) is 30.9 Å². The van der Waals surface area contributed by atoms with E-state index in [2.05, 4.69) is 29.8 Å². The number of nitrogens with zero attached hydrogens (tertiary/aromatic N) is 2. The third-order valence-electron chi connectivity index (χ3n) is 6.26. The van der Waals surface area contributed by atoms with Crippen LogP contribution in [0.25, 0.3) is 10.9 Å². The Morgan fingerprint density at radius 2 is 1.69 bits per heavy atom. The van der Waals surface area contributed by atoms with Crippen LogP contribution >= 0.6 is 0 Å². The second-order valence-corrected chi connectivity index (χ2v) is 8.87. The quantitative estimate of drug-likeness (QED) is 0.486. The van der Waals surface area contributed by atoms with Gasteiger partial charge in [0.1, 0.15) is 5.75 Å². The second-order valence-electron chi connectivity index (χ2n) is 8.87. The number of hydrogen-bond acceptors (Lipinski definition) is 4. The van der Waals surface area contributed by atoms with Crippen LogP contribution in [0.2, 0.25) is 0 Å². The minimum atomic E-state index is -0.320. The summed E-state index contributed by atoms with van der Waals surface area (Å²) in [4.78, 5) is 33.0. The van der Waals surface area contributed by atoms with E-state index in [-0.39, 0.29) is 18.3 Å². The van der Waals surface area contributed by atoms with Crippen molar-refractivity contribution in [1.29, 1.82) is 0 Å².